The van der Waals surface area contributed by atoms with Gasteiger partial charge in [0.1, 0.15) is 0 Å². The maximum Gasteiger partial charge on any atom is 0.315 e. The van der Waals surface area contributed by atoms with Gasteiger partial charge in [0, 0.05) is 5.41 Å². The molecule has 0 aromatic carbocycles. The number of carbonyl (C=O) groups is 2. The van der Waals surface area contributed by atoms with Crippen LogP contribution in [0.5, 0.6) is 0 Å². The zero-order chi connectivity index (χ0) is 11.9. The Labute approximate surface area is 103 Å². The van der Waals surface area contributed by atoms with E-state index in [0.29, 0.717) is 10.0 Å². The van der Waals surface area contributed by atoms with Gasteiger partial charge in [-0.2, -0.15) is 0 Å². The summed E-state index contributed by atoms with van der Waals surface area (Å²) >= 11 is 1.99. The molecule has 0 N–H and O–H groups in total. The number of allylic oxidation sites excluding steroid dienone is 1. The summed E-state index contributed by atoms with van der Waals surface area (Å²) in [5.74, 6) is -0.179. The second-order valence-electron chi connectivity index (χ2n) is 4.79. The topological polar surface area (TPSA) is 43.4 Å². The molecule has 0 amide bonds. The van der Waals surface area contributed by atoms with Gasteiger partial charge in [-0.1, -0.05) is 19.9 Å². The number of Topliss-reactive ketones (excluding diaryl/α,β-unsaturated/α-hetero) is 1. The first-order valence-electron chi connectivity index (χ1n) is 4.74. The molecule has 1 aliphatic rings. The molecule has 1 atom stereocenters. The average Bonchev–Trinajstić information content (AvgIpc) is 2.12. The number of halogens is 1. The zero-order valence-electron chi connectivity index (χ0n) is 9.39. The van der Waals surface area contributed by atoms with E-state index in [4.69, 9.17) is 4.74 Å². The standard InChI is InChI=1S/C11H15IO3/c1-10(2)6-11(3,9(14)15-4)5-7(12)8(10)13/h5H,6H2,1-4H3. The lowest BCUT2D eigenvalue weighted by Gasteiger charge is -2.36. The van der Waals surface area contributed by atoms with Crippen molar-refractivity contribution < 1.29 is 14.3 Å². The number of rotatable bonds is 1. The fraction of sp³-hybridized carbons (Fsp3) is 0.636. The number of hydrogen-bond acceptors (Lipinski definition) is 3. The van der Waals surface area contributed by atoms with Gasteiger partial charge in [0.05, 0.1) is 16.1 Å². The normalized spacial score (nSPS) is 29.7. The summed E-state index contributed by atoms with van der Waals surface area (Å²) in [6.45, 7) is 5.54. The van der Waals surface area contributed by atoms with Crippen LogP contribution in [0.2, 0.25) is 0 Å². The number of hydrogen-bond donors (Lipinski definition) is 0. The smallest absolute Gasteiger partial charge is 0.315 e. The first-order valence-corrected chi connectivity index (χ1v) is 5.82. The molecule has 0 aromatic rings. The van der Waals surface area contributed by atoms with Crippen LogP contribution in [0.4, 0.5) is 0 Å². The van der Waals surface area contributed by atoms with E-state index in [1.165, 1.54) is 7.11 Å². The summed E-state index contributed by atoms with van der Waals surface area (Å²) in [5.41, 5.74) is -1.17. The molecular formula is C11H15IO3. The molecule has 1 aliphatic carbocycles. The van der Waals surface area contributed by atoms with Gasteiger partial charge in [-0.05, 0) is 35.9 Å². The highest BCUT2D eigenvalue weighted by Crippen LogP contribution is 2.44. The third kappa shape index (κ3) is 2.24. The van der Waals surface area contributed by atoms with Gasteiger partial charge in [-0.15, -0.1) is 0 Å². The predicted octanol–water partition coefficient (Wildman–Crippen LogP) is 2.48. The van der Waals surface area contributed by atoms with Crippen LogP contribution in [0.1, 0.15) is 27.2 Å². The lowest BCUT2D eigenvalue weighted by molar-refractivity contribution is -0.151. The summed E-state index contributed by atoms with van der Waals surface area (Å²) < 4.78 is 5.39. The largest absolute Gasteiger partial charge is 0.468 e. The van der Waals surface area contributed by atoms with Crippen LogP contribution in [0.15, 0.2) is 9.66 Å². The van der Waals surface area contributed by atoms with Crippen molar-refractivity contribution in [1.29, 1.82) is 0 Å². The molecular weight excluding hydrogens is 307 g/mol. The minimum atomic E-state index is -0.678. The lowest BCUT2D eigenvalue weighted by Crippen LogP contribution is -2.40. The van der Waals surface area contributed by atoms with E-state index >= 15 is 0 Å². The van der Waals surface area contributed by atoms with Crippen molar-refractivity contribution in [3.05, 3.63) is 9.66 Å². The van der Waals surface area contributed by atoms with Crippen molar-refractivity contribution >= 4 is 34.3 Å². The molecule has 3 nitrogen and oxygen atoms in total. The molecule has 1 rings (SSSR count). The molecule has 0 saturated carbocycles. The maximum absolute atomic E-state index is 11.8. The van der Waals surface area contributed by atoms with E-state index in [0.717, 1.165) is 0 Å². The Morgan fingerprint density at radius 3 is 2.40 bits per heavy atom. The molecule has 1 unspecified atom stereocenters. The van der Waals surface area contributed by atoms with Crippen LogP contribution < -0.4 is 0 Å². The van der Waals surface area contributed by atoms with Crippen molar-refractivity contribution in [3.8, 4) is 0 Å². The first kappa shape index (κ1) is 12.7. The Kier molecular flexibility index (Phi) is 3.28. The van der Waals surface area contributed by atoms with Crippen molar-refractivity contribution in [2.24, 2.45) is 10.8 Å². The van der Waals surface area contributed by atoms with Gasteiger partial charge in [0.2, 0.25) is 0 Å². The van der Waals surface area contributed by atoms with E-state index in [9.17, 15) is 9.59 Å². The molecule has 15 heavy (non-hydrogen) atoms. The number of esters is 1. The van der Waals surface area contributed by atoms with Gasteiger partial charge < -0.3 is 4.74 Å². The Morgan fingerprint density at radius 1 is 1.47 bits per heavy atom. The summed E-state index contributed by atoms with van der Waals surface area (Å²) in [6.07, 6.45) is 2.21. The molecule has 0 radical (unpaired) electrons. The van der Waals surface area contributed by atoms with E-state index in [2.05, 4.69) is 0 Å². The Hall–Kier alpha value is -0.390. The van der Waals surface area contributed by atoms with Crippen LogP contribution in [0.25, 0.3) is 0 Å². The van der Waals surface area contributed by atoms with Gasteiger partial charge in [-0.25, -0.2) is 0 Å². The van der Waals surface area contributed by atoms with Crippen LogP contribution in [0.3, 0.4) is 0 Å². The third-order valence-corrected chi connectivity index (χ3v) is 3.54. The van der Waals surface area contributed by atoms with Gasteiger partial charge in [0.25, 0.3) is 0 Å². The second kappa shape index (κ2) is 3.88. The van der Waals surface area contributed by atoms with Gasteiger partial charge >= 0.3 is 5.97 Å². The summed E-state index contributed by atoms with van der Waals surface area (Å²) in [4.78, 5) is 23.5. The minimum absolute atomic E-state index is 0.101. The fourth-order valence-corrected chi connectivity index (χ4v) is 3.50. The number of ether oxygens (including phenoxy) is 1. The van der Waals surface area contributed by atoms with E-state index in [-0.39, 0.29) is 11.8 Å². The Balaban J connectivity index is 3.17. The quantitative estimate of drug-likeness (QED) is 0.550. The Morgan fingerprint density at radius 2 is 2.00 bits per heavy atom. The molecule has 4 heteroatoms. The molecule has 0 aliphatic heterocycles. The molecule has 0 spiro atoms. The van der Waals surface area contributed by atoms with Crippen LogP contribution >= 0.6 is 22.6 Å². The Bertz CT molecular complexity index is 344. The third-order valence-electron chi connectivity index (χ3n) is 2.74. The van der Waals surface area contributed by atoms with Crippen LogP contribution in [-0.4, -0.2) is 18.9 Å². The van der Waals surface area contributed by atoms with Crippen LogP contribution in [-0.2, 0) is 14.3 Å². The lowest BCUT2D eigenvalue weighted by atomic mass is 9.67. The minimum Gasteiger partial charge on any atom is -0.468 e. The highest BCUT2D eigenvalue weighted by atomic mass is 127. The van der Waals surface area contributed by atoms with Gasteiger partial charge in [-0.3, -0.25) is 9.59 Å². The number of carbonyl (C=O) groups excluding carboxylic acids is 2. The summed E-state index contributed by atoms with van der Waals surface area (Å²) in [5, 5.41) is 0. The van der Waals surface area contributed by atoms with Crippen molar-refractivity contribution in [2.45, 2.75) is 27.2 Å². The summed E-state index contributed by atoms with van der Waals surface area (Å²) in [7, 11) is 1.37. The zero-order valence-corrected chi connectivity index (χ0v) is 11.5. The maximum atomic E-state index is 11.8. The SMILES string of the molecule is COC(=O)C1(C)C=C(I)C(=O)C(C)(C)C1. The van der Waals surface area contributed by atoms with Crippen molar-refractivity contribution in [1.82, 2.24) is 0 Å². The molecule has 0 fully saturated rings. The predicted molar refractivity (Wildman–Crippen MR) is 65.6 cm³/mol. The average molecular weight is 322 g/mol. The number of ketones is 1. The summed E-state index contributed by atoms with van der Waals surface area (Å²) in [6, 6.07) is 0. The molecule has 0 saturated heterocycles. The molecule has 0 aromatic heterocycles. The highest BCUT2D eigenvalue weighted by molar-refractivity contribution is 14.1. The van der Waals surface area contributed by atoms with Crippen molar-refractivity contribution in [2.75, 3.05) is 7.11 Å². The molecule has 0 heterocycles. The molecule has 0 bridgehead atoms. The monoisotopic (exact) mass is 322 g/mol. The first-order chi connectivity index (χ1) is 6.73. The van der Waals surface area contributed by atoms with Crippen molar-refractivity contribution in [3.63, 3.8) is 0 Å². The van der Waals surface area contributed by atoms with E-state index < -0.39 is 10.8 Å². The fourth-order valence-electron chi connectivity index (χ4n) is 2.08. The highest BCUT2D eigenvalue weighted by Gasteiger charge is 2.46. The molecule has 84 valence electrons. The van der Waals surface area contributed by atoms with E-state index in [1.54, 1.807) is 6.08 Å². The van der Waals surface area contributed by atoms with E-state index in [1.807, 2.05) is 43.4 Å². The second-order valence-corrected chi connectivity index (χ2v) is 5.95. The van der Waals surface area contributed by atoms with Gasteiger partial charge in [0.15, 0.2) is 5.78 Å². The van der Waals surface area contributed by atoms with Crippen LogP contribution in [0, 0.1) is 10.8 Å². The number of methoxy groups -OCH3 is 1.